The molecule has 35 heavy (non-hydrogen) atoms. The van der Waals surface area contributed by atoms with Crippen molar-refractivity contribution in [2.75, 3.05) is 26.8 Å². The van der Waals surface area contributed by atoms with Gasteiger partial charge in [0.1, 0.15) is 6.54 Å². The topological polar surface area (TPSA) is 62.2 Å². The number of amides is 2. The van der Waals surface area contributed by atoms with E-state index in [4.69, 9.17) is 21.4 Å². The second-order valence-corrected chi connectivity index (χ2v) is 10.8. The van der Waals surface area contributed by atoms with Gasteiger partial charge in [0.05, 0.1) is 18.4 Å². The third-order valence-electron chi connectivity index (χ3n) is 6.20. The Morgan fingerprint density at radius 1 is 1.14 bits per heavy atom. The molecule has 2 aromatic carbocycles. The normalized spacial score (nSPS) is 15.8. The third kappa shape index (κ3) is 6.92. The second-order valence-electron chi connectivity index (χ2n) is 10.4. The molecule has 0 bridgehead atoms. The van der Waals surface area contributed by atoms with E-state index in [2.05, 4.69) is 26.0 Å². The van der Waals surface area contributed by atoms with Crippen LogP contribution >= 0.6 is 11.6 Å². The second kappa shape index (κ2) is 11.4. The van der Waals surface area contributed by atoms with Crippen LogP contribution in [0.4, 0.5) is 0 Å². The Labute approximate surface area is 213 Å². The number of nitrogens with zero attached hydrogens (tertiary/aromatic N) is 3. The van der Waals surface area contributed by atoms with Gasteiger partial charge in [0.15, 0.2) is 0 Å². The summed E-state index contributed by atoms with van der Waals surface area (Å²) in [5.41, 5.74) is 4.84. The fourth-order valence-corrected chi connectivity index (χ4v) is 4.38. The van der Waals surface area contributed by atoms with E-state index in [1.54, 1.807) is 12.0 Å². The molecule has 1 atom stereocenters. The average Bonchev–Trinajstić information content (AvgIpc) is 3.22. The Kier molecular flexibility index (Phi) is 8.73. The monoisotopic (exact) mass is 497 g/mol. The summed E-state index contributed by atoms with van der Waals surface area (Å²) in [6.45, 7) is 10.8. The minimum atomic E-state index is -0.338. The molecule has 6 nitrogen and oxygen atoms in total. The zero-order valence-corrected chi connectivity index (χ0v) is 22.4. The van der Waals surface area contributed by atoms with E-state index in [9.17, 15) is 9.59 Å². The maximum Gasteiger partial charge on any atom is 0.262 e. The Morgan fingerprint density at radius 3 is 2.49 bits per heavy atom. The highest BCUT2D eigenvalue weighted by Crippen LogP contribution is 2.36. The molecule has 7 heteroatoms. The van der Waals surface area contributed by atoms with Crippen molar-refractivity contribution in [3.63, 3.8) is 0 Å². The van der Waals surface area contributed by atoms with Crippen molar-refractivity contribution in [3.05, 3.63) is 69.7 Å². The molecule has 0 saturated carbocycles. The van der Waals surface area contributed by atoms with Crippen molar-refractivity contribution in [1.29, 1.82) is 0 Å². The molecule has 0 saturated heterocycles. The molecule has 1 unspecified atom stereocenters. The summed E-state index contributed by atoms with van der Waals surface area (Å²) in [6, 6.07) is 13.4. The van der Waals surface area contributed by atoms with Gasteiger partial charge in [-0.25, -0.2) is 5.01 Å². The number of rotatable bonds is 8. The molecule has 0 spiro atoms. The highest BCUT2D eigenvalue weighted by molar-refractivity contribution is 6.31. The van der Waals surface area contributed by atoms with Gasteiger partial charge in [-0.15, -0.1) is 0 Å². The van der Waals surface area contributed by atoms with Crippen LogP contribution in [0.25, 0.3) is 0 Å². The summed E-state index contributed by atoms with van der Waals surface area (Å²) in [5.74, 6) is -0.318. The number of carbonyl (C=O) groups is 2. The lowest BCUT2D eigenvalue weighted by molar-refractivity contribution is -0.143. The largest absolute Gasteiger partial charge is 0.383 e. The molecule has 0 radical (unpaired) electrons. The lowest BCUT2D eigenvalue weighted by atomic mass is 9.91. The van der Waals surface area contributed by atoms with Crippen molar-refractivity contribution in [2.45, 2.75) is 53.5 Å². The number of ether oxygens (including phenoxy) is 1. The summed E-state index contributed by atoms with van der Waals surface area (Å²) < 4.78 is 5.20. The summed E-state index contributed by atoms with van der Waals surface area (Å²) in [6.07, 6.45) is 0.890. The number of methoxy groups -OCH3 is 1. The fraction of sp³-hybridized carbons (Fsp3) is 0.464. The molecule has 1 aliphatic heterocycles. The molecule has 1 aliphatic rings. The van der Waals surface area contributed by atoms with Crippen molar-refractivity contribution in [3.8, 4) is 0 Å². The van der Waals surface area contributed by atoms with E-state index < -0.39 is 0 Å². The van der Waals surface area contributed by atoms with Crippen LogP contribution in [0, 0.1) is 19.3 Å². The molecule has 2 amide bonds. The molecule has 2 aromatic rings. The van der Waals surface area contributed by atoms with Crippen molar-refractivity contribution >= 4 is 29.1 Å². The number of hydrogen-bond acceptors (Lipinski definition) is 4. The van der Waals surface area contributed by atoms with Gasteiger partial charge in [0, 0.05) is 31.5 Å². The molecule has 0 aliphatic carbocycles. The first-order valence-corrected chi connectivity index (χ1v) is 12.4. The van der Waals surface area contributed by atoms with Gasteiger partial charge in [-0.1, -0.05) is 62.7 Å². The van der Waals surface area contributed by atoms with Crippen LogP contribution in [0.5, 0.6) is 0 Å². The van der Waals surface area contributed by atoms with Crippen LogP contribution in [0.1, 0.15) is 61.9 Å². The van der Waals surface area contributed by atoms with E-state index in [1.165, 1.54) is 16.1 Å². The first-order chi connectivity index (χ1) is 16.5. The number of hydrogen-bond donors (Lipinski definition) is 0. The number of benzene rings is 2. The molecule has 188 valence electrons. The van der Waals surface area contributed by atoms with Gasteiger partial charge in [0.2, 0.25) is 5.91 Å². The van der Waals surface area contributed by atoms with E-state index in [-0.39, 0.29) is 29.8 Å². The average molecular weight is 498 g/mol. The minimum absolute atomic E-state index is 0.0665. The zero-order chi connectivity index (χ0) is 25.8. The van der Waals surface area contributed by atoms with Gasteiger partial charge in [0.25, 0.3) is 5.91 Å². The van der Waals surface area contributed by atoms with Crippen LogP contribution in [-0.2, 0) is 14.3 Å². The van der Waals surface area contributed by atoms with Crippen LogP contribution in [-0.4, -0.2) is 54.2 Å². The van der Waals surface area contributed by atoms with Crippen molar-refractivity contribution in [2.24, 2.45) is 10.5 Å². The molecule has 0 aromatic heterocycles. The maximum atomic E-state index is 13.6. The summed E-state index contributed by atoms with van der Waals surface area (Å²) in [7, 11) is 1.59. The van der Waals surface area contributed by atoms with E-state index in [0.29, 0.717) is 31.0 Å². The van der Waals surface area contributed by atoms with Crippen LogP contribution in [0.15, 0.2) is 47.6 Å². The summed E-state index contributed by atoms with van der Waals surface area (Å²) in [5, 5.41) is 6.87. The van der Waals surface area contributed by atoms with Gasteiger partial charge in [-0.2, -0.15) is 5.10 Å². The SMILES string of the molecule is COCCN(CC(=O)N1N=C(c2ccc(C)c(C)c2)CC1c1ccccc1Cl)C(=O)CC(C)(C)C. The molecule has 1 heterocycles. The van der Waals surface area contributed by atoms with Gasteiger partial charge >= 0.3 is 0 Å². The smallest absolute Gasteiger partial charge is 0.262 e. The quantitative estimate of drug-likeness (QED) is 0.480. The minimum Gasteiger partial charge on any atom is -0.383 e. The predicted octanol–water partition coefficient (Wildman–Crippen LogP) is 5.55. The number of halogens is 1. The molecule has 0 N–H and O–H groups in total. The van der Waals surface area contributed by atoms with Crippen LogP contribution in [0.2, 0.25) is 5.02 Å². The number of aryl methyl sites for hydroxylation is 2. The van der Waals surface area contributed by atoms with Gasteiger partial charge in [-0.05, 0) is 53.6 Å². The van der Waals surface area contributed by atoms with Crippen LogP contribution < -0.4 is 0 Å². The van der Waals surface area contributed by atoms with Gasteiger partial charge < -0.3 is 9.64 Å². The first kappa shape index (κ1) is 26.9. The summed E-state index contributed by atoms with van der Waals surface area (Å²) in [4.78, 5) is 28.2. The predicted molar refractivity (Wildman–Crippen MR) is 141 cm³/mol. The summed E-state index contributed by atoms with van der Waals surface area (Å²) >= 11 is 6.54. The van der Waals surface area contributed by atoms with Crippen molar-refractivity contribution < 1.29 is 14.3 Å². The lowest BCUT2D eigenvalue weighted by Gasteiger charge is -2.29. The van der Waals surface area contributed by atoms with E-state index in [0.717, 1.165) is 16.8 Å². The Hall–Kier alpha value is -2.70. The highest BCUT2D eigenvalue weighted by Gasteiger charge is 2.35. The highest BCUT2D eigenvalue weighted by atomic mass is 35.5. The first-order valence-electron chi connectivity index (χ1n) is 12.0. The molecule has 3 rings (SSSR count). The van der Waals surface area contributed by atoms with Crippen molar-refractivity contribution in [1.82, 2.24) is 9.91 Å². The van der Waals surface area contributed by atoms with Crippen LogP contribution in [0.3, 0.4) is 0 Å². The number of carbonyl (C=O) groups excluding carboxylic acids is 2. The molecular weight excluding hydrogens is 462 g/mol. The maximum absolute atomic E-state index is 13.6. The fourth-order valence-electron chi connectivity index (χ4n) is 4.12. The molecular formula is C28H36ClN3O3. The Balaban J connectivity index is 1.93. The lowest BCUT2D eigenvalue weighted by Crippen LogP contribution is -2.43. The standard InChI is InChI=1S/C28H36ClN3O3/c1-19-11-12-21(15-20(19)2)24-16-25(22-9-7-8-10-23(22)29)32(30-24)27(34)18-31(13-14-35-6)26(33)17-28(3,4)5/h7-12,15,25H,13-14,16-18H2,1-6H3. The molecule has 0 fully saturated rings. The Bertz CT molecular complexity index is 1110. The van der Waals surface area contributed by atoms with Gasteiger partial charge in [-0.3, -0.25) is 9.59 Å². The van der Waals surface area contributed by atoms with E-state index >= 15 is 0 Å². The third-order valence-corrected chi connectivity index (χ3v) is 6.54. The van der Waals surface area contributed by atoms with E-state index in [1.807, 2.05) is 51.1 Å². The number of hydrazone groups is 1. The zero-order valence-electron chi connectivity index (χ0n) is 21.6. The Morgan fingerprint density at radius 2 is 1.86 bits per heavy atom.